The minimum Gasteiger partial charge on any atom is -0.550 e. The Bertz CT molecular complexity index is 340. The van der Waals surface area contributed by atoms with Crippen LogP contribution in [0.1, 0.15) is 22.3 Å². The summed E-state index contributed by atoms with van der Waals surface area (Å²) in [6.07, 6.45) is 0.314. The Morgan fingerprint density at radius 2 is 1.79 bits per heavy atom. The Labute approximate surface area is 80.8 Å². The molecule has 1 aromatic rings. The number of hydrogen-bond donors (Lipinski definition) is 1. The predicted octanol–water partition coefficient (Wildman–Crippen LogP) is 0.0673. The van der Waals surface area contributed by atoms with Crippen LogP contribution in [0.2, 0.25) is 0 Å². The van der Waals surface area contributed by atoms with Crippen molar-refractivity contribution >= 4 is 11.9 Å². The predicted molar refractivity (Wildman–Crippen MR) is 46.7 cm³/mol. The number of carboxylic acid groups (broad SMARTS) is 2. The molecule has 74 valence electrons. The number of aliphatic carboxylic acids is 1. The molecule has 1 rings (SSSR count). The molecule has 14 heavy (non-hydrogen) atoms. The van der Waals surface area contributed by atoms with E-state index < -0.39 is 11.9 Å². The first-order chi connectivity index (χ1) is 6.59. The highest BCUT2D eigenvalue weighted by molar-refractivity contribution is 5.87. The van der Waals surface area contributed by atoms with Crippen molar-refractivity contribution in [1.82, 2.24) is 0 Å². The lowest BCUT2D eigenvalue weighted by Crippen LogP contribution is -2.22. The molecule has 0 aromatic heterocycles. The molecule has 0 saturated carbocycles. The molecule has 0 atom stereocenters. The number of rotatable bonds is 4. The van der Waals surface area contributed by atoms with Gasteiger partial charge in [-0.1, -0.05) is 12.1 Å². The number of benzene rings is 1. The van der Waals surface area contributed by atoms with Gasteiger partial charge in [-0.2, -0.15) is 0 Å². The Hall–Kier alpha value is -1.84. The molecule has 0 heterocycles. The van der Waals surface area contributed by atoms with Crippen molar-refractivity contribution in [2.45, 2.75) is 12.8 Å². The topological polar surface area (TPSA) is 77.4 Å². The second-order valence-corrected chi connectivity index (χ2v) is 2.87. The van der Waals surface area contributed by atoms with Crippen LogP contribution in [-0.2, 0) is 11.2 Å². The van der Waals surface area contributed by atoms with Gasteiger partial charge in [0.15, 0.2) is 0 Å². The van der Waals surface area contributed by atoms with Crippen molar-refractivity contribution in [1.29, 1.82) is 0 Å². The molecule has 1 N–H and O–H groups in total. The van der Waals surface area contributed by atoms with Crippen LogP contribution in [0.5, 0.6) is 0 Å². The van der Waals surface area contributed by atoms with Crippen molar-refractivity contribution in [3.63, 3.8) is 0 Å². The van der Waals surface area contributed by atoms with Gasteiger partial charge >= 0.3 is 5.97 Å². The van der Waals surface area contributed by atoms with Crippen LogP contribution >= 0.6 is 0 Å². The van der Waals surface area contributed by atoms with Crippen LogP contribution in [0.25, 0.3) is 0 Å². The van der Waals surface area contributed by atoms with Crippen molar-refractivity contribution < 1.29 is 19.8 Å². The summed E-state index contributed by atoms with van der Waals surface area (Å²) in [7, 11) is 0. The van der Waals surface area contributed by atoms with Gasteiger partial charge in [-0.05, 0) is 30.5 Å². The summed E-state index contributed by atoms with van der Waals surface area (Å²) in [5.41, 5.74) is 0.987. The number of carbonyl (C=O) groups is 2. The van der Waals surface area contributed by atoms with Crippen molar-refractivity contribution in [2.24, 2.45) is 0 Å². The number of hydrogen-bond acceptors (Lipinski definition) is 3. The quantitative estimate of drug-likeness (QED) is 0.733. The maximum absolute atomic E-state index is 10.5. The lowest BCUT2D eigenvalue weighted by Gasteiger charge is -2.02. The third kappa shape index (κ3) is 2.90. The first kappa shape index (κ1) is 10.2. The first-order valence-electron chi connectivity index (χ1n) is 4.11. The monoisotopic (exact) mass is 193 g/mol. The molecule has 4 heteroatoms. The van der Waals surface area contributed by atoms with Gasteiger partial charge in [0.2, 0.25) is 0 Å². The van der Waals surface area contributed by atoms with Crippen LogP contribution in [0.15, 0.2) is 24.3 Å². The van der Waals surface area contributed by atoms with Gasteiger partial charge in [-0.3, -0.25) is 0 Å². The highest BCUT2D eigenvalue weighted by Crippen LogP contribution is 2.06. The summed E-state index contributed by atoms with van der Waals surface area (Å²) in [4.78, 5) is 20.6. The number of aryl methyl sites for hydroxylation is 1. The molecule has 0 radical (unpaired) electrons. The SMILES string of the molecule is O=C([O-])CCc1ccc(C(=O)O)cc1. The van der Waals surface area contributed by atoms with Gasteiger partial charge in [0.1, 0.15) is 0 Å². The normalized spacial score (nSPS) is 9.71. The van der Waals surface area contributed by atoms with Crippen LogP contribution in [-0.4, -0.2) is 17.0 Å². The minimum atomic E-state index is -1.10. The van der Waals surface area contributed by atoms with E-state index in [1.165, 1.54) is 12.1 Å². The van der Waals surface area contributed by atoms with Gasteiger partial charge < -0.3 is 15.0 Å². The molecular formula is C10H9O4-. The fourth-order valence-corrected chi connectivity index (χ4v) is 1.06. The zero-order valence-corrected chi connectivity index (χ0v) is 7.40. The summed E-state index contributed by atoms with van der Waals surface area (Å²) >= 11 is 0. The van der Waals surface area contributed by atoms with Crippen LogP contribution in [0.4, 0.5) is 0 Å². The third-order valence-corrected chi connectivity index (χ3v) is 1.82. The molecule has 4 nitrogen and oxygen atoms in total. The Morgan fingerprint density at radius 1 is 1.21 bits per heavy atom. The smallest absolute Gasteiger partial charge is 0.335 e. The van der Waals surface area contributed by atoms with Gasteiger partial charge in [-0.15, -0.1) is 0 Å². The third-order valence-electron chi connectivity index (χ3n) is 1.82. The van der Waals surface area contributed by atoms with E-state index in [4.69, 9.17) is 5.11 Å². The van der Waals surface area contributed by atoms with E-state index in [1.807, 2.05) is 0 Å². The number of aromatic carboxylic acids is 1. The van der Waals surface area contributed by atoms with Gasteiger partial charge in [0.25, 0.3) is 0 Å². The molecule has 0 saturated heterocycles. The molecule has 0 unspecified atom stereocenters. The molecule has 1 aromatic carbocycles. The lowest BCUT2D eigenvalue weighted by molar-refractivity contribution is -0.305. The zero-order valence-electron chi connectivity index (χ0n) is 7.40. The molecule has 0 aliphatic carbocycles. The number of carboxylic acids is 2. The van der Waals surface area contributed by atoms with E-state index in [2.05, 4.69) is 0 Å². The largest absolute Gasteiger partial charge is 0.550 e. The van der Waals surface area contributed by atoms with Crippen LogP contribution in [0.3, 0.4) is 0 Å². The molecule has 0 bridgehead atoms. The Morgan fingerprint density at radius 3 is 2.21 bits per heavy atom. The van der Waals surface area contributed by atoms with E-state index >= 15 is 0 Å². The second-order valence-electron chi connectivity index (χ2n) is 2.87. The second kappa shape index (κ2) is 4.41. The molecule has 0 spiro atoms. The fourth-order valence-electron chi connectivity index (χ4n) is 1.06. The van der Waals surface area contributed by atoms with Crippen LogP contribution < -0.4 is 5.11 Å². The van der Waals surface area contributed by atoms with Gasteiger partial charge in [-0.25, -0.2) is 4.79 Å². The summed E-state index contributed by atoms with van der Waals surface area (Å²) in [6, 6.07) is 6.11. The van der Waals surface area contributed by atoms with Crippen molar-refractivity contribution in [3.05, 3.63) is 35.4 Å². The number of carbonyl (C=O) groups excluding carboxylic acids is 1. The average molecular weight is 193 g/mol. The molecule has 0 fully saturated rings. The summed E-state index contributed by atoms with van der Waals surface area (Å²) in [5, 5.41) is 18.7. The molecular weight excluding hydrogens is 184 g/mol. The van der Waals surface area contributed by atoms with E-state index in [9.17, 15) is 14.7 Å². The van der Waals surface area contributed by atoms with Crippen molar-refractivity contribution in [2.75, 3.05) is 0 Å². The zero-order chi connectivity index (χ0) is 10.6. The maximum atomic E-state index is 10.5. The van der Waals surface area contributed by atoms with E-state index in [-0.39, 0.29) is 12.0 Å². The first-order valence-corrected chi connectivity index (χ1v) is 4.11. The van der Waals surface area contributed by atoms with E-state index in [1.54, 1.807) is 12.1 Å². The minimum absolute atomic E-state index is 0.0492. The summed E-state index contributed by atoms with van der Waals surface area (Å²) in [5.74, 6) is -2.09. The van der Waals surface area contributed by atoms with Gasteiger partial charge in [0.05, 0.1) is 5.56 Å². The van der Waals surface area contributed by atoms with Crippen LogP contribution in [0, 0.1) is 0 Å². The van der Waals surface area contributed by atoms with E-state index in [0.717, 1.165) is 5.56 Å². The highest BCUT2D eigenvalue weighted by Gasteiger charge is 2.01. The molecule has 0 aliphatic heterocycles. The van der Waals surface area contributed by atoms with E-state index in [0.29, 0.717) is 6.42 Å². The van der Waals surface area contributed by atoms with Gasteiger partial charge in [0, 0.05) is 5.97 Å². The highest BCUT2D eigenvalue weighted by atomic mass is 16.4. The summed E-state index contributed by atoms with van der Waals surface area (Å²) < 4.78 is 0. The fraction of sp³-hybridized carbons (Fsp3) is 0.200. The Balaban J connectivity index is 2.64. The summed E-state index contributed by atoms with van der Waals surface area (Å²) in [6.45, 7) is 0. The van der Waals surface area contributed by atoms with Crippen molar-refractivity contribution in [3.8, 4) is 0 Å². The molecule has 0 aliphatic rings. The standard InChI is InChI=1S/C10H10O4/c11-9(12)6-3-7-1-4-8(5-2-7)10(13)14/h1-2,4-5H,3,6H2,(H,11,12)(H,13,14)/p-1. The Kier molecular flexibility index (Phi) is 3.23. The lowest BCUT2D eigenvalue weighted by atomic mass is 10.1. The maximum Gasteiger partial charge on any atom is 0.335 e. The molecule has 0 amide bonds. The average Bonchev–Trinajstić information content (AvgIpc) is 2.15.